The molecule has 0 saturated carbocycles. The number of primary amides is 2. The van der Waals surface area contributed by atoms with Gasteiger partial charge in [0, 0.05) is 6.26 Å². The van der Waals surface area contributed by atoms with Crippen LogP contribution >= 0.6 is 0 Å². The van der Waals surface area contributed by atoms with Crippen LogP contribution in [0.3, 0.4) is 0 Å². The minimum atomic E-state index is -3.63. The number of rotatable bonds is 4. The van der Waals surface area contributed by atoms with Gasteiger partial charge in [0.15, 0.2) is 9.84 Å². The molecule has 0 aliphatic rings. The van der Waals surface area contributed by atoms with E-state index in [1.54, 1.807) is 0 Å². The SMILES string of the molecule is CS(=O)(=O)[C@@H](CC(N)=O)C(N)=O. The summed E-state index contributed by atoms with van der Waals surface area (Å²) in [5.41, 5.74) is 9.46. The molecule has 0 heterocycles. The molecule has 0 rings (SSSR count). The van der Waals surface area contributed by atoms with Crippen molar-refractivity contribution in [2.75, 3.05) is 6.26 Å². The van der Waals surface area contributed by atoms with Crippen LogP contribution in [0, 0.1) is 0 Å². The van der Waals surface area contributed by atoms with Crippen molar-refractivity contribution >= 4 is 21.7 Å². The van der Waals surface area contributed by atoms with E-state index in [-0.39, 0.29) is 0 Å². The highest BCUT2D eigenvalue weighted by Gasteiger charge is 2.28. The Kier molecular flexibility index (Phi) is 3.20. The lowest BCUT2D eigenvalue weighted by atomic mass is 10.3. The summed E-state index contributed by atoms with van der Waals surface area (Å²) < 4.78 is 21.6. The Labute approximate surface area is 69.8 Å². The van der Waals surface area contributed by atoms with Gasteiger partial charge in [-0.1, -0.05) is 0 Å². The number of carbonyl (C=O) groups excluding carboxylic acids is 2. The molecule has 0 aromatic carbocycles. The molecular formula is C5H10N2O4S. The van der Waals surface area contributed by atoms with Gasteiger partial charge in [-0.3, -0.25) is 9.59 Å². The van der Waals surface area contributed by atoms with Gasteiger partial charge in [0.05, 0.1) is 6.42 Å². The number of carbonyl (C=O) groups is 2. The summed E-state index contributed by atoms with van der Waals surface area (Å²) in [5, 5.41) is -1.50. The molecule has 0 aromatic heterocycles. The van der Waals surface area contributed by atoms with Gasteiger partial charge < -0.3 is 11.5 Å². The predicted molar refractivity (Wildman–Crippen MR) is 41.6 cm³/mol. The van der Waals surface area contributed by atoms with Crippen LogP contribution in [0.25, 0.3) is 0 Å². The summed E-state index contributed by atoms with van der Waals surface area (Å²) in [6.45, 7) is 0. The van der Waals surface area contributed by atoms with E-state index in [9.17, 15) is 18.0 Å². The van der Waals surface area contributed by atoms with Gasteiger partial charge in [-0.05, 0) is 0 Å². The quantitative estimate of drug-likeness (QED) is 0.525. The lowest BCUT2D eigenvalue weighted by Gasteiger charge is -2.07. The predicted octanol–water partition coefficient (Wildman–Crippen LogP) is -2.24. The van der Waals surface area contributed by atoms with Gasteiger partial charge in [0.1, 0.15) is 5.25 Å². The summed E-state index contributed by atoms with van der Waals surface area (Å²) in [6.07, 6.45) is 0.263. The minimum Gasteiger partial charge on any atom is -0.370 e. The second-order valence-electron chi connectivity index (χ2n) is 2.39. The van der Waals surface area contributed by atoms with Crippen LogP contribution in [0.5, 0.6) is 0 Å². The average Bonchev–Trinajstić information content (AvgIpc) is 1.79. The zero-order valence-electron chi connectivity index (χ0n) is 6.48. The molecular weight excluding hydrogens is 184 g/mol. The Morgan fingerprint density at radius 1 is 1.33 bits per heavy atom. The maximum absolute atomic E-state index is 10.8. The van der Waals surface area contributed by atoms with Crippen molar-refractivity contribution < 1.29 is 18.0 Å². The van der Waals surface area contributed by atoms with Gasteiger partial charge in [0.2, 0.25) is 11.8 Å². The molecule has 70 valence electrons. The van der Waals surface area contributed by atoms with Gasteiger partial charge >= 0.3 is 0 Å². The zero-order chi connectivity index (χ0) is 9.94. The molecule has 12 heavy (non-hydrogen) atoms. The molecule has 0 spiro atoms. The van der Waals surface area contributed by atoms with E-state index in [0.717, 1.165) is 6.26 Å². The topological polar surface area (TPSA) is 120 Å². The van der Waals surface area contributed by atoms with E-state index in [1.807, 2.05) is 0 Å². The molecule has 0 saturated heterocycles. The highest BCUT2D eigenvalue weighted by molar-refractivity contribution is 7.92. The molecule has 0 unspecified atom stereocenters. The Bertz CT molecular complexity index is 295. The van der Waals surface area contributed by atoms with Crippen LogP contribution in [0.4, 0.5) is 0 Å². The highest BCUT2D eigenvalue weighted by atomic mass is 32.2. The average molecular weight is 194 g/mol. The monoisotopic (exact) mass is 194 g/mol. The van der Waals surface area contributed by atoms with E-state index in [0.29, 0.717) is 0 Å². The first-order valence-corrected chi connectivity index (χ1v) is 4.97. The number of amides is 2. The van der Waals surface area contributed by atoms with Gasteiger partial charge in [-0.25, -0.2) is 8.42 Å². The molecule has 4 N–H and O–H groups in total. The summed E-state index contributed by atoms with van der Waals surface area (Å²) in [6, 6.07) is 0. The van der Waals surface area contributed by atoms with Crippen LogP contribution in [0.15, 0.2) is 0 Å². The fraction of sp³-hybridized carbons (Fsp3) is 0.600. The van der Waals surface area contributed by atoms with Gasteiger partial charge in [0.25, 0.3) is 0 Å². The zero-order valence-corrected chi connectivity index (χ0v) is 7.30. The molecule has 6 nitrogen and oxygen atoms in total. The summed E-state index contributed by atoms with van der Waals surface area (Å²) in [4.78, 5) is 20.8. The van der Waals surface area contributed by atoms with Crippen LogP contribution in [-0.2, 0) is 19.4 Å². The summed E-state index contributed by atoms with van der Waals surface area (Å²) in [7, 11) is -3.63. The first kappa shape index (κ1) is 10.9. The van der Waals surface area contributed by atoms with Gasteiger partial charge in [-0.2, -0.15) is 0 Å². The lowest BCUT2D eigenvalue weighted by Crippen LogP contribution is -2.38. The van der Waals surface area contributed by atoms with Crippen molar-refractivity contribution in [3.8, 4) is 0 Å². The van der Waals surface area contributed by atoms with Crippen LogP contribution < -0.4 is 11.5 Å². The third-order valence-corrected chi connectivity index (χ3v) is 2.65. The van der Waals surface area contributed by atoms with Crippen LogP contribution in [0.2, 0.25) is 0 Å². The van der Waals surface area contributed by atoms with Crippen molar-refractivity contribution in [2.24, 2.45) is 11.5 Å². The van der Waals surface area contributed by atoms with Crippen molar-refractivity contribution in [3.63, 3.8) is 0 Å². The van der Waals surface area contributed by atoms with E-state index in [1.165, 1.54) is 0 Å². The molecule has 0 bridgehead atoms. The first-order chi connectivity index (χ1) is 5.25. The lowest BCUT2D eigenvalue weighted by molar-refractivity contribution is -0.122. The molecule has 0 fully saturated rings. The molecule has 0 radical (unpaired) electrons. The third-order valence-electron chi connectivity index (χ3n) is 1.22. The standard InChI is InChI=1S/C5H10N2O4S/c1-12(10,11)3(5(7)9)2-4(6)8/h3H,2H2,1H3,(H2,6,8)(H2,7,9)/t3-/m0/s1. The second kappa shape index (κ2) is 3.53. The number of nitrogens with two attached hydrogens (primary N) is 2. The maximum Gasteiger partial charge on any atom is 0.236 e. The second-order valence-corrected chi connectivity index (χ2v) is 4.62. The third kappa shape index (κ3) is 3.33. The van der Waals surface area contributed by atoms with E-state index in [4.69, 9.17) is 11.5 Å². The highest BCUT2D eigenvalue weighted by Crippen LogP contribution is 2.02. The van der Waals surface area contributed by atoms with Crippen molar-refractivity contribution in [1.82, 2.24) is 0 Å². The fourth-order valence-corrected chi connectivity index (χ4v) is 1.53. The molecule has 0 aliphatic heterocycles. The Hall–Kier alpha value is -1.11. The molecule has 7 heteroatoms. The van der Waals surface area contributed by atoms with Crippen molar-refractivity contribution in [1.29, 1.82) is 0 Å². The molecule has 1 atom stereocenters. The van der Waals surface area contributed by atoms with Crippen LogP contribution in [-0.4, -0.2) is 31.7 Å². The van der Waals surface area contributed by atoms with E-state index < -0.39 is 33.3 Å². The summed E-state index contributed by atoms with van der Waals surface area (Å²) in [5.74, 6) is -1.93. The minimum absolute atomic E-state index is 0.561. The van der Waals surface area contributed by atoms with E-state index >= 15 is 0 Å². The van der Waals surface area contributed by atoms with Gasteiger partial charge in [-0.15, -0.1) is 0 Å². The Morgan fingerprint density at radius 3 is 1.83 bits per heavy atom. The van der Waals surface area contributed by atoms with E-state index in [2.05, 4.69) is 0 Å². The van der Waals surface area contributed by atoms with Crippen molar-refractivity contribution in [2.45, 2.75) is 11.7 Å². The smallest absolute Gasteiger partial charge is 0.236 e. The van der Waals surface area contributed by atoms with Crippen molar-refractivity contribution in [3.05, 3.63) is 0 Å². The summed E-state index contributed by atoms with van der Waals surface area (Å²) >= 11 is 0. The first-order valence-electron chi connectivity index (χ1n) is 3.01. The van der Waals surface area contributed by atoms with Crippen LogP contribution in [0.1, 0.15) is 6.42 Å². The molecule has 0 aromatic rings. The molecule has 2 amide bonds. The number of hydrogen-bond donors (Lipinski definition) is 2. The Balaban J connectivity index is 4.70. The number of sulfone groups is 1. The number of hydrogen-bond acceptors (Lipinski definition) is 4. The Morgan fingerprint density at radius 2 is 1.75 bits per heavy atom. The maximum atomic E-state index is 10.8. The fourth-order valence-electron chi connectivity index (χ4n) is 0.646. The largest absolute Gasteiger partial charge is 0.370 e. The normalized spacial score (nSPS) is 13.8. The molecule has 0 aliphatic carbocycles.